The predicted molar refractivity (Wildman–Crippen MR) is 77.7 cm³/mol. The van der Waals surface area contributed by atoms with Crippen molar-refractivity contribution in [1.29, 1.82) is 0 Å². The van der Waals surface area contributed by atoms with Gasteiger partial charge in [-0.2, -0.15) is 0 Å². The van der Waals surface area contributed by atoms with Crippen LogP contribution in [0.15, 0.2) is 22.7 Å². The molecule has 6 heteroatoms. The van der Waals surface area contributed by atoms with E-state index in [2.05, 4.69) is 5.16 Å². The topological polar surface area (TPSA) is 64.8 Å². The monoisotopic (exact) mass is 300 g/mol. The van der Waals surface area contributed by atoms with Crippen molar-refractivity contribution in [2.45, 2.75) is 13.5 Å². The number of rotatable bonds is 1. The van der Waals surface area contributed by atoms with Gasteiger partial charge in [-0.25, -0.2) is 0 Å². The van der Waals surface area contributed by atoms with Crippen molar-refractivity contribution in [1.82, 2.24) is 10.1 Å². The lowest BCUT2D eigenvalue weighted by molar-refractivity contribution is 0.0295. The average Bonchev–Trinajstić information content (AvgIpc) is 2.99. The molecule has 1 aromatic carbocycles. The molecule has 0 saturated carbocycles. The highest BCUT2D eigenvalue weighted by atomic mass is 16.5. The van der Waals surface area contributed by atoms with Crippen LogP contribution in [0, 0.1) is 6.92 Å². The molecule has 2 aromatic rings. The minimum atomic E-state index is -0.118. The SMILES string of the molecule is Cc1ccc2c(c1)-c1onc(C(=O)N3CCOCC3)c1CO2. The van der Waals surface area contributed by atoms with Crippen LogP contribution in [0.25, 0.3) is 11.3 Å². The first-order valence-electron chi connectivity index (χ1n) is 7.33. The highest BCUT2D eigenvalue weighted by Gasteiger charge is 2.31. The summed E-state index contributed by atoms with van der Waals surface area (Å²) in [5.41, 5.74) is 3.04. The molecular weight excluding hydrogens is 284 g/mol. The number of morpholine rings is 1. The zero-order valence-electron chi connectivity index (χ0n) is 12.3. The van der Waals surface area contributed by atoms with E-state index < -0.39 is 0 Å². The number of amides is 1. The Morgan fingerprint density at radius 2 is 2.09 bits per heavy atom. The van der Waals surface area contributed by atoms with Gasteiger partial charge in [0.1, 0.15) is 12.4 Å². The number of nitrogens with zero attached hydrogens (tertiary/aromatic N) is 2. The molecule has 0 N–H and O–H groups in total. The Bertz CT molecular complexity index is 732. The van der Waals surface area contributed by atoms with E-state index in [1.54, 1.807) is 4.90 Å². The first-order chi connectivity index (χ1) is 10.7. The van der Waals surface area contributed by atoms with Crippen molar-refractivity contribution in [3.8, 4) is 17.1 Å². The largest absolute Gasteiger partial charge is 0.488 e. The summed E-state index contributed by atoms with van der Waals surface area (Å²) in [5, 5.41) is 4.01. The molecule has 0 radical (unpaired) electrons. The van der Waals surface area contributed by atoms with Crippen LogP contribution >= 0.6 is 0 Å². The molecule has 3 heterocycles. The van der Waals surface area contributed by atoms with E-state index >= 15 is 0 Å². The van der Waals surface area contributed by atoms with E-state index in [0.29, 0.717) is 44.4 Å². The second kappa shape index (κ2) is 5.14. The second-order valence-corrected chi connectivity index (χ2v) is 5.53. The van der Waals surface area contributed by atoms with Gasteiger partial charge in [0, 0.05) is 13.1 Å². The molecule has 4 rings (SSSR count). The molecule has 0 atom stereocenters. The number of carbonyl (C=O) groups is 1. The number of carbonyl (C=O) groups excluding carboxylic acids is 1. The Kier molecular flexibility index (Phi) is 3.11. The van der Waals surface area contributed by atoms with Crippen molar-refractivity contribution in [2.75, 3.05) is 26.3 Å². The molecule has 1 aromatic heterocycles. The van der Waals surface area contributed by atoms with Crippen molar-refractivity contribution in [2.24, 2.45) is 0 Å². The lowest BCUT2D eigenvalue weighted by Crippen LogP contribution is -2.41. The number of hydrogen-bond acceptors (Lipinski definition) is 5. The molecule has 0 unspecified atom stereocenters. The van der Waals surface area contributed by atoms with E-state index in [1.807, 2.05) is 25.1 Å². The molecular formula is C16H16N2O4. The van der Waals surface area contributed by atoms with Crippen LogP contribution in [-0.2, 0) is 11.3 Å². The summed E-state index contributed by atoms with van der Waals surface area (Å²) in [6, 6.07) is 5.89. The highest BCUT2D eigenvalue weighted by Crippen LogP contribution is 2.39. The zero-order chi connectivity index (χ0) is 15.1. The van der Waals surface area contributed by atoms with E-state index in [4.69, 9.17) is 14.0 Å². The van der Waals surface area contributed by atoms with E-state index in [1.165, 1.54) is 0 Å². The van der Waals surface area contributed by atoms with Crippen LogP contribution in [0.3, 0.4) is 0 Å². The second-order valence-electron chi connectivity index (χ2n) is 5.53. The Labute approximate surface area is 127 Å². The Hall–Kier alpha value is -2.34. The predicted octanol–water partition coefficient (Wildman–Crippen LogP) is 2.01. The maximum absolute atomic E-state index is 12.6. The molecule has 1 amide bonds. The summed E-state index contributed by atoms with van der Waals surface area (Å²) in [6.07, 6.45) is 0. The highest BCUT2D eigenvalue weighted by molar-refractivity contribution is 5.95. The molecule has 2 aliphatic heterocycles. The van der Waals surface area contributed by atoms with Gasteiger partial charge in [-0.3, -0.25) is 4.79 Å². The third kappa shape index (κ3) is 2.07. The van der Waals surface area contributed by atoms with E-state index in [-0.39, 0.29) is 5.91 Å². The Morgan fingerprint density at radius 1 is 1.27 bits per heavy atom. The Balaban J connectivity index is 1.72. The summed E-state index contributed by atoms with van der Waals surface area (Å²) in [4.78, 5) is 14.3. The third-order valence-electron chi connectivity index (χ3n) is 4.04. The molecule has 1 fully saturated rings. The normalized spacial score (nSPS) is 16.7. The summed E-state index contributed by atoms with van der Waals surface area (Å²) < 4.78 is 16.5. The standard InChI is InChI=1S/C16H16N2O4/c1-10-2-3-13-11(8-10)15-12(9-21-13)14(17-22-15)16(19)18-4-6-20-7-5-18/h2-3,8H,4-7,9H2,1H3. The number of fused-ring (bicyclic) bond motifs is 3. The maximum atomic E-state index is 12.6. The molecule has 0 aliphatic carbocycles. The molecule has 114 valence electrons. The van der Waals surface area contributed by atoms with Crippen molar-refractivity contribution >= 4 is 5.91 Å². The maximum Gasteiger partial charge on any atom is 0.276 e. The van der Waals surface area contributed by atoms with E-state index in [0.717, 1.165) is 22.4 Å². The number of aromatic nitrogens is 1. The van der Waals surface area contributed by atoms with Gasteiger partial charge in [0.25, 0.3) is 5.91 Å². The van der Waals surface area contributed by atoms with Gasteiger partial charge < -0.3 is 18.9 Å². The third-order valence-corrected chi connectivity index (χ3v) is 4.04. The van der Waals surface area contributed by atoms with Gasteiger partial charge in [-0.15, -0.1) is 0 Å². The average molecular weight is 300 g/mol. The van der Waals surface area contributed by atoms with Crippen molar-refractivity contribution in [3.63, 3.8) is 0 Å². The number of hydrogen-bond donors (Lipinski definition) is 0. The van der Waals surface area contributed by atoms with Crippen molar-refractivity contribution in [3.05, 3.63) is 35.0 Å². The molecule has 0 spiro atoms. The van der Waals surface area contributed by atoms with Crippen molar-refractivity contribution < 1.29 is 18.8 Å². The molecule has 22 heavy (non-hydrogen) atoms. The van der Waals surface area contributed by atoms with E-state index in [9.17, 15) is 4.79 Å². The van der Waals surface area contributed by atoms with Gasteiger partial charge in [-0.05, 0) is 19.1 Å². The first kappa shape index (κ1) is 13.3. The summed E-state index contributed by atoms with van der Waals surface area (Å²) in [6.45, 7) is 4.59. The van der Waals surface area contributed by atoms with Gasteiger partial charge in [0.2, 0.25) is 0 Å². The number of ether oxygens (including phenoxy) is 2. The fraction of sp³-hybridized carbons (Fsp3) is 0.375. The quantitative estimate of drug-likeness (QED) is 0.806. The van der Waals surface area contributed by atoms with Crippen LogP contribution in [0.1, 0.15) is 21.6 Å². The van der Waals surface area contributed by atoms with Crippen LogP contribution in [-0.4, -0.2) is 42.3 Å². The van der Waals surface area contributed by atoms with Gasteiger partial charge >= 0.3 is 0 Å². The van der Waals surface area contributed by atoms with Gasteiger partial charge in [0.05, 0.1) is 24.3 Å². The zero-order valence-corrected chi connectivity index (χ0v) is 12.3. The smallest absolute Gasteiger partial charge is 0.276 e. The molecule has 6 nitrogen and oxygen atoms in total. The first-order valence-corrected chi connectivity index (χ1v) is 7.33. The lowest BCUT2D eigenvalue weighted by Gasteiger charge is -2.26. The summed E-state index contributed by atoms with van der Waals surface area (Å²) in [5.74, 6) is 1.29. The summed E-state index contributed by atoms with van der Waals surface area (Å²) in [7, 11) is 0. The molecule has 1 saturated heterocycles. The number of aryl methyl sites for hydroxylation is 1. The van der Waals surface area contributed by atoms with Crippen LogP contribution < -0.4 is 4.74 Å². The Morgan fingerprint density at radius 3 is 2.91 bits per heavy atom. The minimum Gasteiger partial charge on any atom is -0.488 e. The van der Waals surface area contributed by atoms with Gasteiger partial charge in [0.15, 0.2) is 11.5 Å². The van der Waals surface area contributed by atoms with Crippen LogP contribution in [0.4, 0.5) is 0 Å². The minimum absolute atomic E-state index is 0.118. The van der Waals surface area contributed by atoms with Crippen LogP contribution in [0.2, 0.25) is 0 Å². The fourth-order valence-corrected chi connectivity index (χ4v) is 2.84. The number of benzene rings is 1. The summed E-state index contributed by atoms with van der Waals surface area (Å²) >= 11 is 0. The molecule has 2 aliphatic rings. The fourth-order valence-electron chi connectivity index (χ4n) is 2.84. The molecule has 0 bridgehead atoms. The van der Waals surface area contributed by atoms with Gasteiger partial charge in [-0.1, -0.05) is 16.8 Å². The van der Waals surface area contributed by atoms with Crippen LogP contribution in [0.5, 0.6) is 5.75 Å². The lowest BCUT2D eigenvalue weighted by atomic mass is 10.0.